The zero-order valence-electron chi connectivity index (χ0n) is 8.21. The molecule has 0 heterocycles. The van der Waals surface area contributed by atoms with Crippen molar-refractivity contribution in [1.82, 2.24) is 0 Å². The Bertz CT molecular complexity index is 328. The molecule has 0 aromatic heterocycles. The van der Waals surface area contributed by atoms with E-state index in [4.69, 9.17) is 10.0 Å². The van der Waals surface area contributed by atoms with Gasteiger partial charge in [0.1, 0.15) is 0 Å². The minimum absolute atomic E-state index is 0.341. The minimum atomic E-state index is -3.40. The molecular formula is C9H14NO3P. The van der Waals surface area contributed by atoms with Crippen molar-refractivity contribution in [3.63, 3.8) is 0 Å². The van der Waals surface area contributed by atoms with Gasteiger partial charge >= 0.3 is 7.75 Å². The lowest BCUT2D eigenvalue weighted by Crippen LogP contribution is -2.05. The van der Waals surface area contributed by atoms with Crippen LogP contribution in [0, 0.1) is 0 Å². The summed E-state index contributed by atoms with van der Waals surface area (Å²) in [6.45, 7) is 1.77. The first-order valence-electron chi connectivity index (χ1n) is 4.23. The average molecular weight is 215 g/mol. The standard InChI is InChI=1S/C9H14NO3P/c1-8(13-14(10,11)12-2)9-6-4-3-5-7-9/h3-8H,1-2H3,(H2,10,11)/t8-,14?/m0/s1. The third kappa shape index (κ3) is 3.24. The highest BCUT2D eigenvalue weighted by Gasteiger charge is 2.20. The zero-order valence-corrected chi connectivity index (χ0v) is 9.11. The number of nitrogens with two attached hydrogens (primary N) is 1. The maximum atomic E-state index is 11.3. The second-order valence-electron chi connectivity index (χ2n) is 2.88. The summed E-state index contributed by atoms with van der Waals surface area (Å²) in [4.78, 5) is 0. The second kappa shape index (κ2) is 4.71. The van der Waals surface area contributed by atoms with Crippen molar-refractivity contribution in [3.8, 4) is 0 Å². The van der Waals surface area contributed by atoms with Gasteiger partial charge in [-0.1, -0.05) is 30.3 Å². The van der Waals surface area contributed by atoms with Gasteiger partial charge in [0, 0.05) is 7.11 Å². The van der Waals surface area contributed by atoms with E-state index in [9.17, 15) is 4.57 Å². The van der Waals surface area contributed by atoms with Gasteiger partial charge in [-0.15, -0.1) is 0 Å². The fourth-order valence-electron chi connectivity index (χ4n) is 1.05. The van der Waals surface area contributed by atoms with Crippen LogP contribution in [-0.2, 0) is 13.6 Å². The Morgan fingerprint density at radius 2 is 1.93 bits per heavy atom. The van der Waals surface area contributed by atoms with Gasteiger partial charge < -0.3 is 4.52 Å². The number of benzene rings is 1. The molecule has 1 aromatic rings. The second-order valence-corrected chi connectivity index (χ2v) is 4.54. The van der Waals surface area contributed by atoms with Crippen LogP contribution in [0.25, 0.3) is 0 Å². The first kappa shape index (κ1) is 11.4. The first-order valence-corrected chi connectivity index (χ1v) is 5.84. The molecule has 0 spiro atoms. The van der Waals surface area contributed by atoms with Crippen LogP contribution < -0.4 is 5.50 Å². The van der Waals surface area contributed by atoms with Crippen molar-refractivity contribution >= 4 is 7.75 Å². The van der Waals surface area contributed by atoms with Gasteiger partial charge in [0.2, 0.25) is 0 Å². The molecule has 0 fully saturated rings. The molecule has 0 saturated heterocycles. The first-order chi connectivity index (χ1) is 6.55. The van der Waals surface area contributed by atoms with Gasteiger partial charge in [0.15, 0.2) is 0 Å². The Morgan fingerprint density at radius 3 is 2.43 bits per heavy atom. The summed E-state index contributed by atoms with van der Waals surface area (Å²) >= 11 is 0. The van der Waals surface area contributed by atoms with Gasteiger partial charge in [-0.05, 0) is 12.5 Å². The van der Waals surface area contributed by atoms with E-state index in [1.54, 1.807) is 6.92 Å². The summed E-state index contributed by atoms with van der Waals surface area (Å²) in [5.41, 5.74) is 6.18. The highest BCUT2D eigenvalue weighted by molar-refractivity contribution is 7.51. The van der Waals surface area contributed by atoms with Crippen LogP contribution in [0.5, 0.6) is 0 Å². The Labute approximate surface area is 83.6 Å². The molecule has 2 N–H and O–H groups in total. The van der Waals surface area contributed by atoms with Gasteiger partial charge in [-0.2, -0.15) is 0 Å². The summed E-state index contributed by atoms with van der Waals surface area (Å²) in [5.74, 6) is 0. The molecule has 2 atom stereocenters. The van der Waals surface area contributed by atoms with Crippen LogP contribution in [0.3, 0.4) is 0 Å². The molecule has 14 heavy (non-hydrogen) atoms. The van der Waals surface area contributed by atoms with E-state index < -0.39 is 7.75 Å². The van der Waals surface area contributed by atoms with Crippen molar-refractivity contribution in [1.29, 1.82) is 0 Å². The summed E-state index contributed by atoms with van der Waals surface area (Å²) in [5, 5.41) is 0. The van der Waals surface area contributed by atoms with Gasteiger partial charge in [0.25, 0.3) is 0 Å². The van der Waals surface area contributed by atoms with Crippen molar-refractivity contribution < 1.29 is 13.6 Å². The molecule has 78 valence electrons. The van der Waals surface area contributed by atoms with Crippen molar-refractivity contribution in [2.24, 2.45) is 5.50 Å². The lowest BCUT2D eigenvalue weighted by molar-refractivity contribution is 0.176. The van der Waals surface area contributed by atoms with Gasteiger partial charge in [-0.3, -0.25) is 4.52 Å². The normalized spacial score (nSPS) is 17.4. The summed E-state index contributed by atoms with van der Waals surface area (Å²) in [6, 6.07) is 9.40. The highest BCUT2D eigenvalue weighted by Crippen LogP contribution is 2.43. The van der Waals surface area contributed by atoms with E-state index in [0.717, 1.165) is 5.56 Å². The van der Waals surface area contributed by atoms with Crippen molar-refractivity contribution in [2.75, 3.05) is 7.11 Å². The van der Waals surface area contributed by atoms with E-state index in [-0.39, 0.29) is 6.10 Å². The molecule has 5 heteroatoms. The van der Waals surface area contributed by atoms with Crippen LogP contribution in [0.1, 0.15) is 18.6 Å². The SMILES string of the molecule is COP(N)(=O)O[C@@H](C)c1ccccc1. The third-order valence-corrected chi connectivity index (χ3v) is 2.95. The topological polar surface area (TPSA) is 61.5 Å². The Balaban J connectivity index is 2.68. The number of rotatable bonds is 4. The van der Waals surface area contributed by atoms with Crippen LogP contribution in [0.4, 0.5) is 0 Å². The summed E-state index contributed by atoms with van der Waals surface area (Å²) in [7, 11) is -2.13. The summed E-state index contributed by atoms with van der Waals surface area (Å²) < 4.78 is 20.9. The lowest BCUT2D eigenvalue weighted by atomic mass is 10.1. The Kier molecular flexibility index (Phi) is 3.84. The van der Waals surface area contributed by atoms with Crippen molar-refractivity contribution in [3.05, 3.63) is 35.9 Å². The van der Waals surface area contributed by atoms with Crippen molar-refractivity contribution in [2.45, 2.75) is 13.0 Å². The maximum Gasteiger partial charge on any atom is 0.403 e. The predicted octanol–water partition coefficient (Wildman–Crippen LogP) is 2.48. The molecule has 0 amide bonds. The molecule has 1 aromatic carbocycles. The van der Waals surface area contributed by atoms with Crippen LogP contribution in [0.2, 0.25) is 0 Å². The minimum Gasteiger partial charge on any atom is -0.300 e. The lowest BCUT2D eigenvalue weighted by Gasteiger charge is -2.17. The van der Waals surface area contributed by atoms with Gasteiger partial charge in [-0.25, -0.2) is 10.1 Å². The number of hydrogen-bond acceptors (Lipinski definition) is 3. The monoisotopic (exact) mass is 215 g/mol. The quantitative estimate of drug-likeness (QED) is 0.783. The number of hydrogen-bond donors (Lipinski definition) is 1. The molecule has 0 radical (unpaired) electrons. The Morgan fingerprint density at radius 1 is 1.36 bits per heavy atom. The third-order valence-electron chi connectivity index (χ3n) is 1.83. The molecule has 1 unspecified atom stereocenters. The molecule has 1 rings (SSSR count). The zero-order chi connectivity index (χ0) is 10.6. The van der Waals surface area contributed by atoms with E-state index in [2.05, 4.69) is 4.52 Å². The smallest absolute Gasteiger partial charge is 0.300 e. The molecule has 0 bridgehead atoms. The molecule has 0 aliphatic heterocycles. The molecule has 0 aliphatic carbocycles. The molecule has 4 nitrogen and oxygen atoms in total. The fraction of sp³-hybridized carbons (Fsp3) is 0.333. The van der Waals surface area contributed by atoms with Crippen LogP contribution >= 0.6 is 7.75 Å². The maximum absolute atomic E-state index is 11.3. The largest absolute Gasteiger partial charge is 0.403 e. The van der Waals surface area contributed by atoms with E-state index >= 15 is 0 Å². The highest BCUT2D eigenvalue weighted by atomic mass is 31.2. The molecule has 0 saturated carbocycles. The average Bonchev–Trinajstić information content (AvgIpc) is 2.19. The van der Waals surface area contributed by atoms with E-state index in [1.807, 2.05) is 30.3 Å². The fourth-order valence-corrected chi connectivity index (χ4v) is 1.70. The summed E-state index contributed by atoms with van der Waals surface area (Å²) in [6.07, 6.45) is -0.341. The van der Waals surface area contributed by atoms with Crippen LogP contribution in [-0.4, -0.2) is 7.11 Å². The molecular weight excluding hydrogens is 201 g/mol. The Hall–Kier alpha value is -0.670. The molecule has 0 aliphatic rings. The van der Waals surface area contributed by atoms with Gasteiger partial charge in [0.05, 0.1) is 6.10 Å². The predicted molar refractivity (Wildman–Crippen MR) is 54.7 cm³/mol. The van der Waals surface area contributed by atoms with E-state index in [0.29, 0.717) is 0 Å². The van der Waals surface area contributed by atoms with Crippen LogP contribution in [0.15, 0.2) is 30.3 Å². The van der Waals surface area contributed by atoms with E-state index in [1.165, 1.54) is 7.11 Å².